The fraction of sp³-hybridized carbons (Fsp3) is 0.0698. The van der Waals surface area contributed by atoms with E-state index in [0.29, 0.717) is 0 Å². The standard InChI is InChI=1S/C43H29NO2/c1-43(2)35-16-8-5-13-30(35)33-24-27(19-21-36(33)43)44(28-20-22-40-34(25-28)31-14-6-9-17-38(31)45-40)37-23-26-11-3-4-12-29(26)41-32-15-7-10-18-39(32)46-42(37)41/h3-25H,1-2H3. The van der Waals surface area contributed by atoms with Gasteiger partial charge in [-0.1, -0.05) is 105 Å². The Kier molecular flexibility index (Phi) is 5.06. The highest BCUT2D eigenvalue weighted by Gasteiger charge is 2.35. The lowest BCUT2D eigenvalue weighted by molar-refractivity contribution is 0.660. The monoisotopic (exact) mass is 591 g/mol. The quantitative estimate of drug-likeness (QED) is 0.205. The summed E-state index contributed by atoms with van der Waals surface area (Å²) < 4.78 is 13.0. The summed E-state index contributed by atoms with van der Waals surface area (Å²) in [5, 5.41) is 6.81. The molecule has 1 aliphatic carbocycles. The molecule has 7 aromatic carbocycles. The summed E-state index contributed by atoms with van der Waals surface area (Å²) in [5.74, 6) is 0. The molecule has 0 unspecified atom stereocenters. The Morgan fingerprint density at radius 1 is 0.478 bits per heavy atom. The number of para-hydroxylation sites is 2. The van der Waals surface area contributed by atoms with E-state index in [2.05, 4.69) is 140 Å². The van der Waals surface area contributed by atoms with Crippen molar-refractivity contribution in [1.29, 1.82) is 0 Å². The first kappa shape index (κ1) is 25.5. The number of hydrogen-bond acceptors (Lipinski definition) is 3. The Labute approximate surface area is 265 Å². The van der Waals surface area contributed by atoms with Crippen LogP contribution in [-0.4, -0.2) is 0 Å². The number of hydrogen-bond donors (Lipinski definition) is 0. The first-order chi connectivity index (χ1) is 22.6. The maximum Gasteiger partial charge on any atom is 0.160 e. The van der Waals surface area contributed by atoms with Crippen LogP contribution in [0.4, 0.5) is 17.1 Å². The first-order valence-electron chi connectivity index (χ1n) is 15.9. The van der Waals surface area contributed by atoms with Crippen molar-refractivity contribution >= 4 is 71.7 Å². The Bertz CT molecular complexity index is 2690. The third-order valence-corrected chi connectivity index (χ3v) is 10.0. The fourth-order valence-electron chi connectivity index (χ4n) is 7.85. The van der Waals surface area contributed by atoms with Crippen molar-refractivity contribution < 1.29 is 8.83 Å². The van der Waals surface area contributed by atoms with Crippen LogP contribution in [0.2, 0.25) is 0 Å². The van der Waals surface area contributed by atoms with E-state index in [1.807, 2.05) is 18.2 Å². The van der Waals surface area contributed by atoms with Gasteiger partial charge in [-0.25, -0.2) is 0 Å². The Hall–Kier alpha value is -5.80. The van der Waals surface area contributed by atoms with Crippen molar-refractivity contribution in [1.82, 2.24) is 0 Å². The molecule has 0 N–H and O–H groups in total. The molecule has 3 heteroatoms. The highest BCUT2D eigenvalue weighted by atomic mass is 16.3. The summed E-state index contributed by atoms with van der Waals surface area (Å²) in [6, 6.07) is 49.8. The molecule has 0 atom stereocenters. The van der Waals surface area contributed by atoms with Gasteiger partial charge in [-0.2, -0.15) is 0 Å². The molecule has 0 fully saturated rings. The predicted molar refractivity (Wildman–Crippen MR) is 191 cm³/mol. The van der Waals surface area contributed by atoms with Gasteiger partial charge in [0.25, 0.3) is 0 Å². The molecule has 1 aliphatic rings. The summed E-state index contributed by atoms with van der Waals surface area (Å²) in [6.45, 7) is 4.66. The minimum atomic E-state index is -0.0706. The van der Waals surface area contributed by atoms with Crippen LogP contribution >= 0.6 is 0 Å². The van der Waals surface area contributed by atoms with Gasteiger partial charge in [0.2, 0.25) is 0 Å². The maximum atomic E-state index is 6.78. The predicted octanol–water partition coefficient (Wildman–Crippen LogP) is 12.4. The number of benzene rings is 7. The summed E-state index contributed by atoms with van der Waals surface area (Å²) in [4.78, 5) is 2.37. The first-order valence-corrected chi connectivity index (χ1v) is 15.9. The molecule has 218 valence electrons. The van der Waals surface area contributed by atoms with E-state index in [1.165, 1.54) is 33.0 Å². The van der Waals surface area contributed by atoms with Crippen LogP contribution in [0.25, 0.3) is 65.8 Å². The maximum absolute atomic E-state index is 6.78. The van der Waals surface area contributed by atoms with Gasteiger partial charge in [0.1, 0.15) is 16.7 Å². The summed E-state index contributed by atoms with van der Waals surface area (Å²) in [7, 11) is 0. The second-order valence-electron chi connectivity index (χ2n) is 12.9. The molecule has 46 heavy (non-hydrogen) atoms. The number of rotatable bonds is 3. The number of furan rings is 2. The number of anilines is 3. The van der Waals surface area contributed by atoms with Gasteiger partial charge >= 0.3 is 0 Å². The zero-order chi connectivity index (χ0) is 30.6. The second-order valence-corrected chi connectivity index (χ2v) is 12.9. The normalized spacial score (nSPS) is 13.6. The van der Waals surface area contributed by atoms with Crippen LogP contribution in [0, 0.1) is 0 Å². The third kappa shape index (κ3) is 3.43. The van der Waals surface area contributed by atoms with Crippen LogP contribution in [0.5, 0.6) is 0 Å². The topological polar surface area (TPSA) is 29.5 Å². The van der Waals surface area contributed by atoms with Gasteiger partial charge in [0.15, 0.2) is 5.58 Å². The van der Waals surface area contributed by atoms with Crippen molar-refractivity contribution in [3.63, 3.8) is 0 Å². The SMILES string of the molecule is CC1(C)c2ccccc2-c2cc(N(c3ccc4oc5ccccc5c4c3)c3cc4ccccc4c4c3oc3ccccc34)ccc21. The zero-order valence-corrected chi connectivity index (χ0v) is 25.5. The average molecular weight is 592 g/mol. The van der Waals surface area contributed by atoms with Gasteiger partial charge in [0, 0.05) is 38.3 Å². The molecule has 0 bridgehead atoms. The molecule has 0 radical (unpaired) electrons. The average Bonchev–Trinajstić information content (AvgIpc) is 3.73. The van der Waals surface area contributed by atoms with Gasteiger partial charge < -0.3 is 13.7 Å². The van der Waals surface area contributed by atoms with Crippen LogP contribution in [-0.2, 0) is 5.41 Å². The molecule has 2 heterocycles. The van der Waals surface area contributed by atoms with Gasteiger partial charge in [-0.15, -0.1) is 0 Å². The van der Waals surface area contributed by atoms with Crippen molar-refractivity contribution in [2.45, 2.75) is 19.3 Å². The molecule has 10 rings (SSSR count). The third-order valence-electron chi connectivity index (χ3n) is 10.0. The van der Waals surface area contributed by atoms with E-state index < -0.39 is 0 Å². The van der Waals surface area contributed by atoms with Crippen LogP contribution in [0.15, 0.2) is 148 Å². The molecule has 0 amide bonds. The Balaban J connectivity index is 1.31. The van der Waals surface area contributed by atoms with E-state index in [-0.39, 0.29) is 5.41 Å². The van der Waals surface area contributed by atoms with Crippen LogP contribution in [0.1, 0.15) is 25.0 Å². The van der Waals surface area contributed by atoms with E-state index >= 15 is 0 Å². The van der Waals surface area contributed by atoms with Crippen LogP contribution in [0.3, 0.4) is 0 Å². The lowest BCUT2D eigenvalue weighted by Gasteiger charge is -2.27. The molecular weight excluding hydrogens is 562 g/mol. The largest absolute Gasteiger partial charge is 0.456 e. The lowest BCUT2D eigenvalue weighted by atomic mass is 9.82. The summed E-state index contributed by atoms with van der Waals surface area (Å²) in [6.07, 6.45) is 0. The summed E-state index contributed by atoms with van der Waals surface area (Å²) >= 11 is 0. The van der Waals surface area contributed by atoms with Crippen molar-refractivity contribution in [2.24, 2.45) is 0 Å². The van der Waals surface area contributed by atoms with Crippen molar-refractivity contribution in [3.05, 3.63) is 151 Å². The van der Waals surface area contributed by atoms with Gasteiger partial charge in [0.05, 0.1) is 5.69 Å². The number of fused-ring (bicyclic) bond motifs is 11. The highest BCUT2D eigenvalue weighted by molar-refractivity contribution is 6.23. The van der Waals surface area contributed by atoms with Crippen LogP contribution < -0.4 is 4.90 Å². The molecule has 0 spiro atoms. The van der Waals surface area contributed by atoms with E-state index in [9.17, 15) is 0 Å². The Morgan fingerprint density at radius 2 is 1.11 bits per heavy atom. The molecule has 2 aromatic heterocycles. The summed E-state index contributed by atoms with van der Waals surface area (Å²) in [5.41, 5.74) is 11.9. The lowest BCUT2D eigenvalue weighted by Crippen LogP contribution is -2.15. The van der Waals surface area contributed by atoms with E-state index in [0.717, 1.165) is 60.9 Å². The zero-order valence-electron chi connectivity index (χ0n) is 25.5. The Morgan fingerprint density at radius 3 is 1.98 bits per heavy atom. The highest BCUT2D eigenvalue weighted by Crippen LogP contribution is 2.52. The molecule has 3 nitrogen and oxygen atoms in total. The smallest absolute Gasteiger partial charge is 0.160 e. The van der Waals surface area contributed by atoms with E-state index in [1.54, 1.807) is 0 Å². The molecule has 0 aliphatic heterocycles. The minimum absolute atomic E-state index is 0.0706. The molecule has 0 saturated carbocycles. The molecular formula is C43H29NO2. The fourth-order valence-corrected chi connectivity index (χ4v) is 7.85. The molecule has 0 saturated heterocycles. The van der Waals surface area contributed by atoms with E-state index in [4.69, 9.17) is 8.83 Å². The minimum Gasteiger partial charge on any atom is -0.456 e. The van der Waals surface area contributed by atoms with Gasteiger partial charge in [-0.3, -0.25) is 0 Å². The van der Waals surface area contributed by atoms with Gasteiger partial charge in [-0.05, 0) is 81.6 Å². The number of nitrogens with zero attached hydrogens (tertiary/aromatic N) is 1. The second kappa shape index (κ2) is 9.12. The van der Waals surface area contributed by atoms with Crippen molar-refractivity contribution in [3.8, 4) is 11.1 Å². The molecule has 9 aromatic rings. The van der Waals surface area contributed by atoms with Crippen molar-refractivity contribution in [2.75, 3.05) is 4.90 Å².